The average molecular weight is 312 g/mol. The van der Waals surface area contributed by atoms with Gasteiger partial charge in [0, 0.05) is 16.8 Å². The van der Waals surface area contributed by atoms with Crippen molar-refractivity contribution in [2.45, 2.75) is 13.5 Å². The largest absolute Gasteiger partial charge is 0.486 e. The Labute approximate surface area is 112 Å². The van der Waals surface area contributed by atoms with Crippen LogP contribution in [0.2, 0.25) is 0 Å². The predicted molar refractivity (Wildman–Crippen MR) is 70.6 cm³/mol. The van der Waals surface area contributed by atoms with Crippen molar-refractivity contribution in [2.75, 3.05) is 0 Å². The van der Waals surface area contributed by atoms with Gasteiger partial charge in [-0.05, 0) is 24.3 Å². The Morgan fingerprint density at radius 2 is 2.12 bits per heavy atom. The van der Waals surface area contributed by atoms with Crippen LogP contribution in [0.3, 0.4) is 0 Å². The van der Waals surface area contributed by atoms with Crippen molar-refractivity contribution in [2.24, 2.45) is 0 Å². The maximum absolute atomic E-state index is 11.1. The predicted octanol–water partition coefficient (Wildman–Crippen LogP) is 3.69. The van der Waals surface area contributed by atoms with E-state index in [-0.39, 0.29) is 5.78 Å². The van der Waals surface area contributed by atoms with Crippen molar-refractivity contribution in [1.29, 1.82) is 0 Å². The number of halogens is 1. The smallest absolute Gasteiger partial charge is 0.178 e. The van der Waals surface area contributed by atoms with Crippen LogP contribution < -0.4 is 4.74 Å². The van der Waals surface area contributed by atoms with Gasteiger partial charge in [-0.3, -0.25) is 4.79 Å². The summed E-state index contributed by atoms with van der Waals surface area (Å²) in [6.45, 7) is 1.90. The third kappa shape index (κ3) is 3.38. The second kappa shape index (κ2) is 5.42. The van der Waals surface area contributed by atoms with Gasteiger partial charge in [0.25, 0.3) is 0 Å². The summed E-state index contributed by atoms with van der Waals surface area (Å²) in [6, 6.07) is 7.59. The number of rotatable bonds is 4. The number of hydrogen-bond acceptors (Lipinski definition) is 4. The number of Topliss-reactive ketones (excluding diaryl/α,β-unsaturated/α-hetero) is 1. The van der Waals surface area contributed by atoms with Crippen molar-refractivity contribution in [3.8, 4) is 5.75 Å². The quantitative estimate of drug-likeness (QED) is 0.808. The minimum Gasteiger partial charge on any atom is -0.486 e. The first-order chi connectivity index (χ1) is 8.15. The third-order valence-corrected chi connectivity index (χ3v) is 3.44. The molecular weight excluding hydrogens is 302 g/mol. The van der Waals surface area contributed by atoms with Crippen LogP contribution in [0, 0.1) is 0 Å². The molecule has 0 aliphatic rings. The van der Waals surface area contributed by atoms with E-state index in [4.69, 9.17) is 4.74 Å². The number of benzene rings is 1. The molecular formula is C12H10BrNO2S. The number of ether oxygens (including phenoxy) is 1. The zero-order valence-corrected chi connectivity index (χ0v) is 11.5. The van der Waals surface area contributed by atoms with Gasteiger partial charge in [-0.15, -0.1) is 11.3 Å². The molecule has 0 fully saturated rings. The molecule has 0 aliphatic carbocycles. The van der Waals surface area contributed by atoms with Crippen LogP contribution in [0.4, 0.5) is 0 Å². The molecule has 17 heavy (non-hydrogen) atoms. The number of carbonyl (C=O) groups excluding carboxylic acids is 1. The first kappa shape index (κ1) is 12.3. The van der Waals surface area contributed by atoms with Gasteiger partial charge in [0.1, 0.15) is 23.1 Å². The molecule has 0 atom stereocenters. The Morgan fingerprint density at radius 1 is 1.41 bits per heavy atom. The van der Waals surface area contributed by atoms with E-state index in [1.165, 1.54) is 18.3 Å². The normalized spacial score (nSPS) is 10.2. The van der Waals surface area contributed by atoms with E-state index in [1.54, 1.807) is 5.38 Å². The molecule has 5 heteroatoms. The Bertz CT molecular complexity index is 522. The highest BCUT2D eigenvalue weighted by atomic mass is 79.9. The summed E-state index contributed by atoms with van der Waals surface area (Å²) in [5.41, 5.74) is 0.504. The molecule has 1 aromatic carbocycles. The van der Waals surface area contributed by atoms with Gasteiger partial charge in [0.2, 0.25) is 0 Å². The van der Waals surface area contributed by atoms with E-state index in [0.29, 0.717) is 12.3 Å². The second-order valence-electron chi connectivity index (χ2n) is 3.43. The van der Waals surface area contributed by atoms with E-state index in [1.807, 2.05) is 24.3 Å². The topological polar surface area (TPSA) is 39.2 Å². The van der Waals surface area contributed by atoms with Gasteiger partial charge in [-0.1, -0.05) is 15.9 Å². The highest BCUT2D eigenvalue weighted by Gasteiger charge is 2.06. The SMILES string of the molecule is CC(=O)c1csc(COc2ccc(Br)cc2)n1. The van der Waals surface area contributed by atoms with Gasteiger partial charge < -0.3 is 4.74 Å². The molecule has 0 N–H and O–H groups in total. The Kier molecular flexibility index (Phi) is 3.91. The zero-order valence-electron chi connectivity index (χ0n) is 9.14. The minimum absolute atomic E-state index is 0.0175. The number of nitrogens with zero attached hydrogens (tertiary/aromatic N) is 1. The fourth-order valence-electron chi connectivity index (χ4n) is 1.21. The van der Waals surface area contributed by atoms with E-state index >= 15 is 0 Å². The molecule has 2 aromatic rings. The Morgan fingerprint density at radius 3 is 2.71 bits per heavy atom. The molecule has 0 radical (unpaired) electrons. The molecule has 2 rings (SSSR count). The van der Waals surface area contributed by atoms with Crippen molar-refractivity contribution < 1.29 is 9.53 Å². The Hall–Kier alpha value is -1.20. The summed E-state index contributed by atoms with van der Waals surface area (Å²) in [6.07, 6.45) is 0. The summed E-state index contributed by atoms with van der Waals surface area (Å²) in [7, 11) is 0. The fraction of sp³-hybridized carbons (Fsp3) is 0.167. The lowest BCUT2D eigenvalue weighted by atomic mass is 10.3. The standard InChI is InChI=1S/C12H10BrNO2S/c1-8(15)11-7-17-12(14-11)6-16-10-4-2-9(13)3-5-10/h2-5,7H,6H2,1H3. The highest BCUT2D eigenvalue weighted by molar-refractivity contribution is 9.10. The molecule has 0 saturated carbocycles. The fourth-order valence-corrected chi connectivity index (χ4v) is 2.22. The van der Waals surface area contributed by atoms with Crippen LogP contribution in [-0.2, 0) is 6.61 Å². The lowest BCUT2D eigenvalue weighted by Gasteiger charge is -2.03. The van der Waals surface area contributed by atoms with Crippen LogP contribution in [0.5, 0.6) is 5.75 Å². The van der Waals surface area contributed by atoms with Crippen molar-refractivity contribution in [3.05, 3.63) is 44.8 Å². The number of aromatic nitrogens is 1. The van der Waals surface area contributed by atoms with Crippen LogP contribution in [0.1, 0.15) is 22.4 Å². The second-order valence-corrected chi connectivity index (χ2v) is 5.28. The molecule has 0 unspecified atom stereocenters. The maximum Gasteiger partial charge on any atom is 0.178 e. The molecule has 0 bridgehead atoms. The van der Waals surface area contributed by atoms with Crippen molar-refractivity contribution >= 4 is 33.0 Å². The van der Waals surface area contributed by atoms with Crippen LogP contribution in [0.25, 0.3) is 0 Å². The van der Waals surface area contributed by atoms with Crippen LogP contribution in [-0.4, -0.2) is 10.8 Å². The number of thiazole rings is 1. The first-order valence-electron chi connectivity index (χ1n) is 4.99. The molecule has 3 nitrogen and oxygen atoms in total. The van der Waals surface area contributed by atoms with Gasteiger partial charge in [-0.2, -0.15) is 0 Å². The molecule has 0 spiro atoms. The Balaban J connectivity index is 1.97. The van der Waals surface area contributed by atoms with E-state index in [0.717, 1.165) is 15.2 Å². The van der Waals surface area contributed by atoms with E-state index < -0.39 is 0 Å². The molecule has 0 amide bonds. The summed E-state index contributed by atoms with van der Waals surface area (Å²) in [5, 5.41) is 2.56. The van der Waals surface area contributed by atoms with E-state index in [2.05, 4.69) is 20.9 Å². The molecule has 0 saturated heterocycles. The molecule has 1 aromatic heterocycles. The number of ketones is 1. The maximum atomic E-state index is 11.1. The average Bonchev–Trinajstić information content (AvgIpc) is 2.77. The molecule has 1 heterocycles. The summed E-state index contributed by atoms with van der Waals surface area (Å²) in [4.78, 5) is 15.2. The number of carbonyl (C=O) groups is 1. The third-order valence-electron chi connectivity index (χ3n) is 2.09. The molecule has 0 aliphatic heterocycles. The lowest BCUT2D eigenvalue weighted by molar-refractivity contribution is 0.101. The van der Waals surface area contributed by atoms with Crippen LogP contribution in [0.15, 0.2) is 34.1 Å². The van der Waals surface area contributed by atoms with Crippen molar-refractivity contribution in [3.63, 3.8) is 0 Å². The highest BCUT2D eigenvalue weighted by Crippen LogP contribution is 2.18. The summed E-state index contributed by atoms with van der Waals surface area (Å²) in [5.74, 6) is 0.768. The molecule has 88 valence electrons. The number of hydrogen-bond donors (Lipinski definition) is 0. The van der Waals surface area contributed by atoms with Gasteiger partial charge in [0.15, 0.2) is 5.78 Å². The van der Waals surface area contributed by atoms with Gasteiger partial charge in [0.05, 0.1) is 0 Å². The monoisotopic (exact) mass is 311 g/mol. The van der Waals surface area contributed by atoms with Gasteiger partial charge >= 0.3 is 0 Å². The first-order valence-corrected chi connectivity index (χ1v) is 6.66. The van der Waals surface area contributed by atoms with Crippen molar-refractivity contribution in [1.82, 2.24) is 4.98 Å². The zero-order chi connectivity index (χ0) is 12.3. The van der Waals surface area contributed by atoms with Crippen LogP contribution >= 0.6 is 27.3 Å². The van der Waals surface area contributed by atoms with E-state index in [9.17, 15) is 4.79 Å². The summed E-state index contributed by atoms with van der Waals surface area (Å²) < 4.78 is 6.57. The summed E-state index contributed by atoms with van der Waals surface area (Å²) >= 11 is 4.79. The lowest BCUT2D eigenvalue weighted by Crippen LogP contribution is -1.97. The minimum atomic E-state index is -0.0175. The van der Waals surface area contributed by atoms with Gasteiger partial charge in [-0.25, -0.2) is 4.98 Å².